The van der Waals surface area contributed by atoms with Crippen LogP contribution in [-0.4, -0.2) is 36.6 Å². The lowest BCUT2D eigenvalue weighted by molar-refractivity contribution is -0.108. The topological polar surface area (TPSA) is 38.7 Å². The number of rotatable bonds is 6. The molecule has 1 aliphatic rings. The van der Waals surface area contributed by atoms with Crippen molar-refractivity contribution in [1.29, 1.82) is 0 Å². The highest BCUT2D eigenvalue weighted by Crippen LogP contribution is 2.37. The average Bonchev–Trinajstić information content (AvgIpc) is 2.76. The van der Waals surface area contributed by atoms with Crippen LogP contribution in [0.1, 0.15) is 52.4 Å². The minimum absolute atomic E-state index is 0.158. The van der Waals surface area contributed by atoms with Gasteiger partial charge in [0.05, 0.1) is 17.3 Å². The molecular weight excluding hydrogens is 204 g/mol. The van der Waals surface area contributed by atoms with Gasteiger partial charge in [0.1, 0.15) is 0 Å². The zero-order valence-electron chi connectivity index (χ0n) is 11.1. The van der Waals surface area contributed by atoms with Crippen molar-refractivity contribution in [3.8, 4) is 0 Å². The molecule has 1 fully saturated rings. The fourth-order valence-corrected chi connectivity index (χ4v) is 2.50. The van der Waals surface area contributed by atoms with E-state index in [9.17, 15) is 5.11 Å². The normalized spacial score (nSPS) is 22.3. The third-order valence-electron chi connectivity index (χ3n) is 4.04. The van der Waals surface area contributed by atoms with E-state index >= 15 is 0 Å². The van der Waals surface area contributed by atoms with Crippen LogP contribution in [0.2, 0.25) is 0 Å². The average molecular weight is 230 g/mol. The Hall–Kier alpha value is -0.120. The van der Waals surface area contributed by atoms with Gasteiger partial charge in [-0.25, -0.2) is 0 Å². The Morgan fingerprint density at radius 1 is 1.25 bits per heavy atom. The first-order valence-corrected chi connectivity index (χ1v) is 6.24. The van der Waals surface area contributed by atoms with Crippen molar-refractivity contribution in [2.45, 2.75) is 69.7 Å². The van der Waals surface area contributed by atoms with Gasteiger partial charge in [-0.05, 0) is 39.5 Å². The van der Waals surface area contributed by atoms with Crippen LogP contribution >= 0.6 is 0 Å². The minimum Gasteiger partial charge on any atom is -0.390 e. The molecule has 0 aliphatic heterocycles. The van der Waals surface area contributed by atoms with E-state index in [1.54, 1.807) is 14.2 Å². The van der Waals surface area contributed by atoms with Gasteiger partial charge in [0.25, 0.3) is 0 Å². The van der Waals surface area contributed by atoms with Crippen LogP contribution in [0.5, 0.6) is 0 Å². The molecule has 0 aromatic rings. The second-order valence-corrected chi connectivity index (χ2v) is 5.49. The molecular formula is C13H26O3. The van der Waals surface area contributed by atoms with E-state index in [1.165, 1.54) is 12.8 Å². The number of methoxy groups -OCH3 is 2. The predicted octanol–water partition coefficient (Wildman–Crippen LogP) is 2.51. The fraction of sp³-hybridized carbons (Fsp3) is 1.00. The van der Waals surface area contributed by atoms with Crippen molar-refractivity contribution in [2.75, 3.05) is 14.2 Å². The summed E-state index contributed by atoms with van der Waals surface area (Å²) in [5.74, 6) is 0. The van der Waals surface area contributed by atoms with Gasteiger partial charge < -0.3 is 14.6 Å². The molecule has 1 aliphatic carbocycles. The number of hydrogen-bond donors (Lipinski definition) is 1. The molecule has 16 heavy (non-hydrogen) atoms. The van der Waals surface area contributed by atoms with Gasteiger partial charge in [-0.2, -0.15) is 0 Å². The Labute approximate surface area is 99.1 Å². The van der Waals surface area contributed by atoms with E-state index in [2.05, 4.69) is 0 Å². The molecule has 0 saturated heterocycles. The second kappa shape index (κ2) is 5.48. The zero-order valence-corrected chi connectivity index (χ0v) is 11.1. The molecule has 1 saturated carbocycles. The largest absolute Gasteiger partial charge is 0.390 e. The summed E-state index contributed by atoms with van der Waals surface area (Å²) in [7, 11) is 3.43. The predicted molar refractivity (Wildman–Crippen MR) is 64.5 cm³/mol. The number of ether oxygens (including phenoxy) is 2. The van der Waals surface area contributed by atoms with Gasteiger partial charge >= 0.3 is 0 Å². The molecule has 1 N–H and O–H groups in total. The van der Waals surface area contributed by atoms with E-state index < -0.39 is 0 Å². The van der Waals surface area contributed by atoms with E-state index in [0.29, 0.717) is 0 Å². The van der Waals surface area contributed by atoms with Crippen molar-refractivity contribution in [3.05, 3.63) is 0 Å². The van der Waals surface area contributed by atoms with Crippen LogP contribution in [-0.2, 0) is 9.47 Å². The third-order valence-corrected chi connectivity index (χ3v) is 4.04. The molecule has 0 heterocycles. The fourth-order valence-electron chi connectivity index (χ4n) is 2.50. The van der Waals surface area contributed by atoms with Crippen LogP contribution in [0.25, 0.3) is 0 Å². The summed E-state index contributed by atoms with van der Waals surface area (Å²) in [5.41, 5.74) is -0.446. The lowest BCUT2D eigenvalue weighted by Gasteiger charge is -2.34. The monoisotopic (exact) mass is 230 g/mol. The lowest BCUT2D eigenvalue weighted by Crippen LogP contribution is -2.42. The minimum atomic E-state index is -0.366. The van der Waals surface area contributed by atoms with Gasteiger partial charge in [-0.15, -0.1) is 0 Å². The maximum atomic E-state index is 10.3. The van der Waals surface area contributed by atoms with E-state index in [0.717, 1.165) is 25.7 Å². The summed E-state index contributed by atoms with van der Waals surface area (Å²) in [6.45, 7) is 4.10. The standard InChI is InChI=1S/C13H26O3/c1-12(2,15-3)10-7-11(14)13(16-4)8-5-6-9-13/h11,14H,5-10H2,1-4H3. The van der Waals surface area contributed by atoms with Crippen LogP contribution in [0.15, 0.2) is 0 Å². The molecule has 0 aromatic carbocycles. The maximum Gasteiger partial charge on any atom is 0.0936 e. The molecule has 0 spiro atoms. The number of aliphatic hydroxyl groups is 1. The molecule has 0 aromatic heterocycles. The Balaban J connectivity index is 2.47. The van der Waals surface area contributed by atoms with Crippen LogP contribution in [0, 0.1) is 0 Å². The summed E-state index contributed by atoms with van der Waals surface area (Å²) >= 11 is 0. The molecule has 3 nitrogen and oxygen atoms in total. The zero-order chi connectivity index (χ0) is 12.2. The Morgan fingerprint density at radius 2 is 1.81 bits per heavy atom. The second-order valence-electron chi connectivity index (χ2n) is 5.49. The van der Waals surface area contributed by atoms with Crippen molar-refractivity contribution in [1.82, 2.24) is 0 Å². The maximum absolute atomic E-state index is 10.3. The molecule has 3 heteroatoms. The third kappa shape index (κ3) is 3.19. The Morgan fingerprint density at radius 3 is 2.25 bits per heavy atom. The van der Waals surface area contributed by atoms with Gasteiger partial charge in [0, 0.05) is 14.2 Å². The van der Waals surface area contributed by atoms with Crippen LogP contribution in [0.3, 0.4) is 0 Å². The van der Waals surface area contributed by atoms with Gasteiger partial charge in [-0.1, -0.05) is 12.8 Å². The molecule has 0 radical (unpaired) electrons. The van der Waals surface area contributed by atoms with Crippen molar-refractivity contribution < 1.29 is 14.6 Å². The van der Waals surface area contributed by atoms with Crippen molar-refractivity contribution in [2.24, 2.45) is 0 Å². The summed E-state index contributed by atoms with van der Waals surface area (Å²) < 4.78 is 10.9. The van der Waals surface area contributed by atoms with Gasteiger partial charge in [0.2, 0.25) is 0 Å². The highest BCUT2D eigenvalue weighted by molar-refractivity contribution is 4.93. The van der Waals surface area contributed by atoms with E-state index in [1.807, 2.05) is 13.8 Å². The molecule has 0 bridgehead atoms. The summed E-state index contributed by atoms with van der Waals surface area (Å²) in [4.78, 5) is 0. The van der Waals surface area contributed by atoms with E-state index in [-0.39, 0.29) is 17.3 Å². The molecule has 1 unspecified atom stereocenters. The smallest absolute Gasteiger partial charge is 0.0936 e. The van der Waals surface area contributed by atoms with Crippen molar-refractivity contribution >= 4 is 0 Å². The highest BCUT2D eigenvalue weighted by atomic mass is 16.5. The molecule has 0 amide bonds. The summed E-state index contributed by atoms with van der Waals surface area (Å²) in [6.07, 6.45) is 5.53. The Kier molecular flexibility index (Phi) is 4.77. The van der Waals surface area contributed by atoms with Crippen LogP contribution < -0.4 is 0 Å². The summed E-state index contributed by atoms with van der Waals surface area (Å²) in [5, 5.41) is 10.3. The molecule has 1 rings (SSSR count). The first kappa shape index (κ1) is 13.9. The quantitative estimate of drug-likeness (QED) is 0.762. The Bertz CT molecular complexity index is 207. The number of aliphatic hydroxyl groups excluding tert-OH is 1. The SMILES string of the molecule is COC(C)(C)CCC(O)C1(OC)CCCC1. The van der Waals surface area contributed by atoms with Gasteiger partial charge in [0.15, 0.2) is 0 Å². The van der Waals surface area contributed by atoms with Crippen LogP contribution in [0.4, 0.5) is 0 Å². The highest BCUT2D eigenvalue weighted by Gasteiger charge is 2.41. The van der Waals surface area contributed by atoms with E-state index in [4.69, 9.17) is 9.47 Å². The lowest BCUT2D eigenvalue weighted by atomic mass is 9.88. The van der Waals surface area contributed by atoms with Gasteiger partial charge in [-0.3, -0.25) is 0 Å². The molecule has 96 valence electrons. The first-order chi connectivity index (χ1) is 7.46. The number of hydrogen-bond acceptors (Lipinski definition) is 3. The first-order valence-electron chi connectivity index (χ1n) is 6.24. The summed E-state index contributed by atoms with van der Waals surface area (Å²) in [6, 6.07) is 0. The van der Waals surface area contributed by atoms with Crippen molar-refractivity contribution in [3.63, 3.8) is 0 Å². The molecule has 1 atom stereocenters.